The Morgan fingerprint density at radius 2 is 1.82 bits per heavy atom. The van der Waals surface area contributed by atoms with Crippen LogP contribution in [0.3, 0.4) is 0 Å². The van der Waals surface area contributed by atoms with Crippen molar-refractivity contribution in [2.45, 2.75) is 56.1 Å². The van der Waals surface area contributed by atoms with E-state index in [9.17, 15) is 15.3 Å². The smallest absolute Gasteiger partial charge is 0.115 e. The first-order chi connectivity index (χ1) is 10.4. The summed E-state index contributed by atoms with van der Waals surface area (Å²) in [5.74, 6) is 0.223. The number of hydrogen-bond acceptors (Lipinski definition) is 4. The summed E-state index contributed by atoms with van der Waals surface area (Å²) in [5, 5.41) is 30.8. The van der Waals surface area contributed by atoms with Gasteiger partial charge in [-0.15, -0.1) is 0 Å². The van der Waals surface area contributed by atoms with E-state index in [0.717, 1.165) is 37.8 Å². The maximum Gasteiger partial charge on any atom is 0.115 e. The SMILES string of the molecule is CN(C)CC(c1ccc(O)cc1)C1(O)CCCCC(O)CC1. The van der Waals surface area contributed by atoms with E-state index >= 15 is 0 Å². The van der Waals surface area contributed by atoms with E-state index in [-0.39, 0.29) is 17.8 Å². The molecule has 0 saturated heterocycles. The lowest BCUT2D eigenvalue weighted by molar-refractivity contribution is -0.0323. The third-order valence-electron chi connectivity index (χ3n) is 4.80. The average molecular weight is 307 g/mol. The molecule has 0 bridgehead atoms. The van der Waals surface area contributed by atoms with Crippen LogP contribution in [0, 0.1) is 0 Å². The minimum absolute atomic E-state index is 0.0200. The number of phenolic OH excluding ortho intramolecular Hbond substituents is 1. The van der Waals surface area contributed by atoms with Crippen LogP contribution in [-0.2, 0) is 0 Å². The summed E-state index contributed by atoms with van der Waals surface area (Å²) in [4.78, 5) is 2.09. The van der Waals surface area contributed by atoms with Crippen LogP contribution in [0.15, 0.2) is 24.3 Å². The van der Waals surface area contributed by atoms with Gasteiger partial charge in [-0.25, -0.2) is 0 Å². The number of nitrogens with zero attached hydrogens (tertiary/aromatic N) is 1. The Labute approximate surface area is 133 Å². The van der Waals surface area contributed by atoms with Crippen molar-refractivity contribution < 1.29 is 15.3 Å². The molecule has 2 rings (SSSR count). The molecule has 1 fully saturated rings. The van der Waals surface area contributed by atoms with E-state index in [0.29, 0.717) is 12.8 Å². The molecule has 1 aromatic carbocycles. The minimum Gasteiger partial charge on any atom is -0.508 e. The van der Waals surface area contributed by atoms with Crippen LogP contribution in [-0.4, -0.2) is 52.6 Å². The van der Waals surface area contributed by atoms with Crippen molar-refractivity contribution >= 4 is 0 Å². The maximum absolute atomic E-state index is 11.3. The molecule has 1 aliphatic carbocycles. The molecule has 0 spiro atoms. The highest BCUT2D eigenvalue weighted by atomic mass is 16.3. The molecular formula is C18H29NO3. The molecule has 3 unspecified atom stereocenters. The van der Waals surface area contributed by atoms with Crippen molar-refractivity contribution in [2.24, 2.45) is 0 Å². The first-order valence-electron chi connectivity index (χ1n) is 8.25. The molecule has 0 aromatic heterocycles. The largest absolute Gasteiger partial charge is 0.508 e. The lowest BCUT2D eigenvalue weighted by Gasteiger charge is -2.40. The van der Waals surface area contributed by atoms with Crippen molar-refractivity contribution in [2.75, 3.05) is 20.6 Å². The quantitative estimate of drug-likeness (QED) is 0.799. The van der Waals surface area contributed by atoms with Gasteiger partial charge in [-0.1, -0.05) is 25.0 Å². The summed E-state index contributed by atoms with van der Waals surface area (Å²) in [7, 11) is 4.02. The molecule has 4 heteroatoms. The highest BCUT2D eigenvalue weighted by molar-refractivity contribution is 5.30. The zero-order chi connectivity index (χ0) is 16.2. The van der Waals surface area contributed by atoms with Gasteiger partial charge in [0.05, 0.1) is 11.7 Å². The van der Waals surface area contributed by atoms with Gasteiger partial charge in [-0.3, -0.25) is 0 Å². The van der Waals surface area contributed by atoms with Crippen molar-refractivity contribution in [3.63, 3.8) is 0 Å². The fraction of sp³-hybridized carbons (Fsp3) is 0.667. The van der Waals surface area contributed by atoms with Gasteiger partial charge in [0.25, 0.3) is 0 Å². The fourth-order valence-electron chi connectivity index (χ4n) is 3.50. The molecule has 124 valence electrons. The van der Waals surface area contributed by atoms with Gasteiger partial charge in [-0.2, -0.15) is 0 Å². The standard InChI is InChI=1S/C18H29NO3/c1-19(2)13-17(14-6-8-16(21)9-7-14)18(22)11-4-3-5-15(20)10-12-18/h6-9,15,17,20-22H,3-5,10-13H2,1-2H3. The third kappa shape index (κ3) is 4.45. The molecule has 3 N–H and O–H groups in total. The van der Waals surface area contributed by atoms with E-state index in [4.69, 9.17) is 0 Å². The number of hydrogen-bond donors (Lipinski definition) is 3. The Morgan fingerprint density at radius 3 is 2.45 bits per heavy atom. The average Bonchev–Trinajstić information content (AvgIpc) is 2.46. The summed E-state index contributed by atoms with van der Waals surface area (Å²) in [6, 6.07) is 7.16. The molecule has 0 radical (unpaired) electrons. The van der Waals surface area contributed by atoms with Crippen LogP contribution in [0.2, 0.25) is 0 Å². The second-order valence-corrected chi connectivity index (χ2v) is 6.95. The Kier molecular flexibility index (Phi) is 5.84. The first-order valence-corrected chi connectivity index (χ1v) is 8.25. The Balaban J connectivity index is 2.27. The van der Waals surface area contributed by atoms with Gasteiger partial charge in [0.15, 0.2) is 0 Å². The van der Waals surface area contributed by atoms with E-state index < -0.39 is 5.60 Å². The summed E-state index contributed by atoms with van der Waals surface area (Å²) in [6.45, 7) is 0.747. The molecule has 22 heavy (non-hydrogen) atoms. The maximum atomic E-state index is 11.3. The van der Waals surface area contributed by atoms with Crippen LogP contribution in [0.1, 0.15) is 50.0 Å². The molecular weight excluding hydrogens is 278 g/mol. The van der Waals surface area contributed by atoms with Gasteiger partial charge in [0, 0.05) is 12.5 Å². The van der Waals surface area contributed by atoms with Crippen molar-refractivity contribution in [1.29, 1.82) is 0 Å². The van der Waals surface area contributed by atoms with Crippen LogP contribution < -0.4 is 0 Å². The number of aliphatic hydroxyl groups is 2. The molecule has 1 aromatic rings. The van der Waals surface area contributed by atoms with Gasteiger partial charge in [0.1, 0.15) is 5.75 Å². The van der Waals surface area contributed by atoms with E-state index in [1.165, 1.54) is 0 Å². The topological polar surface area (TPSA) is 63.9 Å². The summed E-state index contributed by atoms with van der Waals surface area (Å²) >= 11 is 0. The van der Waals surface area contributed by atoms with Crippen molar-refractivity contribution in [3.05, 3.63) is 29.8 Å². The van der Waals surface area contributed by atoms with Gasteiger partial charge in [0.2, 0.25) is 0 Å². The Morgan fingerprint density at radius 1 is 1.14 bits per heavy atom. The van der Waals surface area contributed by atoms with E-state index in [1.54, 1.807) is 12.1 Å². The number of rotatable bonds is 4. The second-order valence-electron chi connectivity index (χ2n) is 6.95. The van der Waals surface area contributed by atoms with Gasteiger partial charge >= 0.3 is 0 Å². The normalized spacial score (nSPS) is 28.1. The lowest BCUT2D eigenvalue weighted by atomic mass is 9.74. The fourth-order valence-corrected chi connectivity index (χ4v) is 3.50. The number of benzene rings is 1. The predicted octanol–water partition coefficient (Wildman–Crippen LogP) is 2.48. The van der Waals surface area contributed by atoms with Crippen molar-refractivity contribution in [3.8, 4) is 5.75 Å². The summed E-state index contributed by atoms with van der Waals surface area (Å²) in [6.07, 6.45) is 4.48. The highest BCUT2D eigenvalue weighted by Gasteiger charge is 2.38. The van der Waals surface area contributed by atoms with Gasteiger partial charge in [-0.05, 0) is 57.5 Å². The van der Waals surface area contributed by atoms with Crippen LogP contribution >= 0.6 is 0 Å². The molecule has 0 amide bonds. The van der Waals surface area contributed by atoms with Gasteiger partial charge < -0.3 is 20.2 Å². The summed E-state index contributed by atoms with van der Waals surface area (Å²) in [5.41, 5.74) is 0.242. The number of phenols is 1. The van der Waals surface area contributed by atoms with Crippen LogP contribution in [0.25, 0.3) is 0 Å². The second kappa shape index (κ2) is 7.44. The summed E-state index contributed by atoms with van der Waals surface area (Å²) < 4.78 is 0. The molecule has 1 saturated carbocycles. The van der Waals surface area contributed by atoms with Crippen LogP contribution in [0.5, 0.6) is 5.75 Å². The molecule has 0 heterocycles. The number of aliphatic hydroxyl groups excluding tert-OH is 1. The lowest BCUT2D eigenvalue weighted by Crippen LogP contribution is -2.42. The van der Waals surface area contributed by atoms with E-state index in [1.807, 2.05) is 26.2 Å². The highest BCUT2D eigenvalue weighted by Crippen LogP contribution is 2.39. The molecule has 4 nitrogen and oxygen atoms in total. The Hall–Kier alpha value is -1.10. The van der Waals surface area contributed by atoms with E-state index in [2.05, 4.69) is 4.90 Å². The third-order valence-corrected chi connectivity index (χ3v) is 4.80. The zero-order valence-corrected chi connectivity index (χ0v) is 13.7. The predicted molar refractivity (Wildman–Crippen MR) is 88.1 cm³/mol. The molecule has 1 aliphatic rings. The minimum atomic E-state index is -0.803. The molecule has 0 aliphatic heterocycles. The first kappa shape index (κ1) is 17.3. The molecule has 3 atom stereocenters. The van der Waals surface area contributed by atoms with Crippen molar-refractivity contribution in [1.82, 2.24) is 4.90 Å². The number of aromatic hydroxyl groups is 1. The number of likely N-dealkylation sites (N-methyl/N-ethyl adjacent to an activating group) is 1. The zero-order valence-electron chi connectivity index (χ0n) is 13.7. The monoisotopic (exact) mass is 307 g/mol. The Bertz CT molecular complexity index is 460. The van der Waals surface area contributed by atoms with Crippen LogP contribution in [0.4, 0.5) is 0 Å².